The number of pyridine rings is 1. The van der Waals surface area contributed by atoms with E-state index in [4.69, 9.17) is 0 Å². The molecule has 2 fully saturated rings. The fraction of sp³-hybridized carbons (Fsp3) is 0.706. The van der Waals surface area contributed by atoms with Gasteiger partial charge >= 0.3 is 0 Å². The Morgan fingerprint density at radius 2 is 2.00 bits per heavy atom. The van der Waals surface area contributed by atoms with Crippen molar-refractivity contribution in [2.24, 2.45) is 0 Å². The summed E-state index contributed by atoms with van der Waals surface area (Å²) in [4.78, 5) is 6.80. The molecule has 3 heteroatoms. The molecule has 0 radical (unpaired) electrons. The second-order valence-corrected chi connectivity index (χ2v) is 6.65. The fourth-order valence-corrected chi connectivity index (χ4v) is 3.78. The van der Waals surface area contributed by atoms with Gasteiger partial charge in [-0.25, -0.2) is 0 Å². The topological polar surface area (TPSA) is 28.2 Å². The van der Waals surface area contributed by atoms with E-state index in [0.717, 1.165) is 13.0 Å². The molecule has 0 aromatic carbocycles. The molecule has 0 bridgehead atoms. The lowest BCUT2D eigenvalue weighted by atomic mass is 9.79. The predicted octanol–water partition coefficient (Wildman–Crippen LogP) is 2.62. The standard InChI is InChI=1S/C17H27N3/c1-15-13-19-17(8-3-2-4-9-17)14-20(15)12-7-16-5-10-18-11-6-16/h5-6,10-11,15,19H,2-4,7-9,12-14H2,1H3. The van der Waals surface area contributed by atoms with Crippen LogP contribution in [0, 0.1) is 0 Å². The average Bonchev–Trinajstić information content (AvgIpc) is 2.50. The molecule has 1 N–H and O–H groups in total. The summed E-state index contributed by atoms with van der Waals surface area (Å²) in [7, 11) is 0. The molecule has 3 nitrogen and oxygen atoms in total. The molecule has 0 amide bonds. The lowest BCUT2D eigenvalue weighted by Crippen LogP contribution is -2.64. The zero-order chi connectivity index (χ0) is 13.8. The summed E-state index contributed by atoms with van der Waals surface area (Å²) >= 11 is 0. The maximum atomic E-state index is 4.10. The Morgan fingerprint density at radius 3 is 2.75 bits per heavy atom. The highest BCUT2D eigenvalue weighted by atomic mass is 15.2. The third-order valence-corrected chi connectivity index (χ3v) is 5.15. The van der Waals surface area contributed by atoms with Crippen molar-refractivity contribution in [3.63, 3.8) is 0 Å². The number of nitrogens with one attached hydrogen (secondary N) is 1. The molecule has 1 spiro atoms. The van der Waals surface area contributed by atoms with E-state index in [1.807, 2.05) is 12.4 Å². The SMILES string of the molecule is CC1CNC2(CCCCC2)CN1CCc1ccncc1. The molecule has 1 saturated heterocycles. The Kier molecular flexibility index (Phi) is 4.37. The van der Waals surface area contributed by atoms with E-state index in [0.29, 0.717) is 11.6 Å². The minimum Gasteiger partial charge on any atom is -0.308 e. The summed E-state index contributed by atoms with van der Waals surface area (Å²) in [5.41, 5.74) is 1.83. The van der Waals surface area contributed by atoms with Crippen molar-refractivity contribution in [3.05, 3.63) is 30.1 Å². The average molecular weight is 273 g/mol. The molecule has 1 aromatic heterocycles. The van der Waals surface area contributed by atoms with Crippen molar-refractivity contribution in [1.29, 1.82) is 0 Å². The monoisotopic (exact) mass is 273 g/mol. The third-order valence-electron chi connectivity index (χ3n) is 5.15. The summed E-state index contributed by atoms with van der Waals surface area (Å²) in [6.45, 7) is 5.92. The second-order valence-electron chi connectivity index (χ2n) is 6.65. The quantitative estimate of drug-likeness (QED) is 0.917. The van der Waals surface area contributed by atoms with Gasteiger partial charge in [-0.3, -0.25) is 9.88 Å². The van der Waals surface area contributed by atoms with E-state index in [2.05, 4.69) is 34.3 Å². The highest BCUT2D eigenvalue weighted by Crippen LogP contribution is 2.31. The van der Waals surface area contributed by atoms with Gasteiger partial charge in [0, 0.05) is 43.6 Å². The zero-order valence-electron chi connectivity index (χ0n) is 12.6. The van der Waals surface area contributed by atoms with Crippen LogP contribution in [0.25, 0.3) is 0 Å². The summed E-state index contributed by atoms with van der Waals surface area (Å²) < 4.78 is 0. The first-order valence-electron chi connectivity index (χ1n) is 8.15. The summed E-state index contributed by atoms with van der Waals surface area (Å²) in [5.74, 6) is 0. The maximum absolute atomic E-state index is 4.10. The molecular formula is C17H27N3. The number of nitrogens with zero attached hydrogens (tertiary/aromatic N) is 2. The molecule has 20 heavy (non-hydrogen) atoms. The first-order chi connectivity index (χ1) is 9.77. The Balaban J connectivity index is 1.59. The number of piperazine rings is 1. The minimum atomic E-state index is 0.420. The number of hydrogen-bond donors (Lipinski definition) is 1. The largest absolute Gasteiger partial charge is 0.308 e. The molecule has 2 heterocycles. The van der Waals surface area contributed by atoms with Gasteiger partial charge in [-0.1, -0.05) is 19.3 Å². The van der Waals surface area contributed by atoms with Crippen molar-refractivity contribution in [1.82, 2.24) is 15.2 Å². The van der Waals surface area contributed by atoms with Gasteiger partial charge in [-0.2, -0.15) is 0 Å². The molecule has 110 valence electrons. The molecule has 1 unspecified atom stereocenters. The summed E-state index contributed by atoms with van der Waals surface area (Å²) in [6, 6.07) is 4.94. The fourth-order valence-electron chi connectivity index (χ4n) is 3.78. The van der Waals surface area contributed by atoms with Crippen molar-refractivity contribution in [3.8, 4) is 0 Å². The van der Waals surface area contributed by atoms with Crippen molar-refractivity contribution in [2.45, 2.75) is 57.0 Å². The van der Waals surface area contributed by atoms with Gasteiger partial charge in [-0.05, 0) is 43.9 Å². The highest BCUT2D eigenvalue weighted by molar-refractivity contribution is 5.10. The van der Waals surface area contributed by atoms with Crippen LogP contribution in [0.5, 0.6) is 0 Å². The minimum absolute atomic E-state index is 0.420. The molecule has 2 aliphatic rings. The van der Waals surface area contributed by atoms with Gasteiger partial charge < -0.3 is 5.32 Å². The van der Waals surface area contributed by atoms with E-state index in [1.54, 1.807) is 0 Å². The number of rotatable bonds is 3. The van der Waals surface area contributed by atoms with Crippen LogP contribution >= 0.6 is 0 Å². The number of aromatic nitrogens is 1. The van der Waals surface area contributed by atoms with Crippen LogP contribution in [-0.2, 0) is 6.42 Å². The Hall–Kier alpha value is -0.930. The molecule has 1 aliphatic carbocycles. The van der Waals surface area contributed by atoms with Gasteiger partial charge in [0.2, 0.25) is 0 Å². The molecule has 1 atom stereocenters. The molecule has 1 aromatic rings. The summed E-state index contributed by atoms with van der Waals surface area (Å²) in [5, 5.41) is 3.86. The van der Waals surface area contributed by atoms with Crippen LogP contribution in [0.4, 0.5) is 0 Å². The third kappa shape index (κ3) is 3.21. The van der Waals surface area contributed by atoms with E-state index in [-0.39, 0.29) is 0 Å². The van der Waals surface area contributed by atoms with Crippen LogP contribution in [0.3, 0.4) is 0 Å². The van der Waals surface area contributed by atoms with Crippen LogP contribution in [0.15, 0.2) is 24.5 Å². The van der Waals surface area contributed by atoms with E-state index < -0.39 is 0 Å². The van der Waals surface area contributed by atoms with Crippen LogP contribution < -0.4 is 5.32 Å². The molecular weight excluding hydrogens is 246 g/mol. The highest BCUT2D eigenvalue weighted by Gasteiger charge is 2.38. The predicted molar refractivity (Wildman–Crippen MR) is 82.8 cm³/mol. The van der Waals surface area contributed by atoms with Crippen molar-refractivity contribution < 1.29 is 0 Å². The van der Waals surface area contributed by atoms with E-state index in [9.17, 15) is 0 Å². The second kappa shape index (κ2) is 6.23. The first-order valence-corrected chi connectivity index (χ1v) is 8.15. The Labute approximate surface area is 122 Å². The first kappa shape index (κ1) is 14.0. The van der Waals surface area contributed by atoms with Gasteiger partial charge in [0.15, 0.2) is 0 Å². The van der Waals surface area contributed by atoms with Crippen LogP contribution in [0.2, 0.25) is 0 Å². The van der Waals surface area contributed by atoms with E-state index in [1.165, 1.54) is 50.8 Å². The zero-order valence-corrected chi connectivity index (χ0v) is 12.6. The lowest BCUT2D eigenvalue weighted by molar-refractivity contribution is 0.0637. The van der Waals surface area contributed by atoms with Gasteiger partial charge in [0.05, 0.1) is 0 Å². The Bertz CT molecular complexity index is 412. The molecule has 3 rings (SSSR count). The summed E-state index contributed by atoms with van der Waals surface area (Å²) in [6.07, 6.45) is 11.9. The van der Waals surface area contributed by atoms with Crippen LogP contribution in [0.1, 0.15) is 44.6 Å². The van der Waals surface area contributed by atoms with E-state index >= 15 is 0 Å². The lowest BCUT2D eigenvalue weighted by Gasteiger charge is -2.49. The smallest absolute Gasteiger partial charge is 0.0309 e. The Morgan fingerprint density at radius 1 is 1.25 bits per heavy atom. The van der Waals surface area contributed by atoms with Crippen LogP contribution in [-0.4, -0.2) is 41.1 Å². The molecule has 1 saturated carbocycles. The van der Waals surface area contributed by atoms with Gasteiger partial charge in [0.1, 0.15) is 0 Å². The maximum Gasteiger partial charge on any atom is 0.0309 e. The number of hydrogen-bond acceptors (Lipinski definition) is 3. The van der Waals surface area contributed by atoms with Crippen molar-refractivity contribution in [2.75, 3.05) is 19.6 Å². The molecule has 1 aliphatic heterocycles. The van der Waals surface area contributed by atoms with Gasteiger partial charge in [-0.15, -0.1) is 0 Å². The van der Waals surface area contributed by atoms with Gasteiger partial charge in [0.25, 0.3) is 0 Å². The normalized spacial score (nSPS) is 26.8. The van der Waals surface area contributed by atoms with Crippen molar-refractivity contribution >= 4 is 0 Å².